The molecule has 3 aliphatic rings. The van der Waals surface area contributed by atoms with Gasteiger partial charge in [-0.2, -0.15) is 0 Å². The van der Waals surface area contributed by atoms with Gasteiger partial charge in [0.2, 0.25) is 11.8 Å². The van der Waals surface area contributed by atoms with Crippen LogP contribution in [0.1, 0.15) is 46.4 Å². The van der Waals surface area contributed by atoms with Crippen molar-refractivity contribution in [3.8, 4) is 56.4 Å². The summed E-state index contributed by atoms with van der Waals surface area (Å²) in [7, 11) is 0. The number of para-hydroxylation sites is 2. The van der Waals surface area contributed by atoms with E-state index in [1.807, 2.05) is 54.6 Å². The lowest BCUT2D eigenvalue weighted by Gasteiger charge is -2.31. The quantitative estimate of drug-likeness (QED) is 0.175. The molecule has 12 rings (SSSR count). The Balaban J connectivity index is 0.991. The van der Waals surface area contributed by atoms with E-state index in [1.54, 1.807) is 0 Å². The average Bonchev–Trinajstić information content (AvgIpc) is 3.99. The lowest BCUT2D eigenvalue weighted by atomic mass is 9.70. The summed E-state index contributed by atoms with van der Waals surface area (Å²) in [4.78, 5) is 10.5. The maximum absolute atomic E-state index is 6.34. The number of hydrogen-bond donors (Lipinski definition) is 0. The number of rotatable bonds is 5. The van der Waals surface area contributed by atoms with Gasteiger partial charge in [-0.15, -0.1) is 10.2 Å². The highest BCUT2D eigenvalue weighted by Gasteiger charge is 2.52. The van der Waals surface area contributed by atoms with Gasteiger partial charge < -0.3 is 4.42 Å². The summed E-state index contributed by atoms with van der Waals surface area (Å²) in [5.41, 5.74) is 18.6. The van der Waals surface area contributed by atoms with Gasteiger partial charge in [-0.1, -0.05) is 153 Å². The van der Waals surface area contributed by atoms with Gasteiger partial charge >= 0.3 is 0 Å². The molecule has 0 bridgehead atoms. The summed E-state index contributed by atoms with van der Waals surface area (Å²) in [5.74, 6) is 1.26. The molecule has 0 aliphatic heterocycles. The highest BCUT2D eigenvalue weighted by Crippen LogP contribution is 2.63. The minimum absolute atomic E-state index is 0.0650. The Labute approximate surface area is 342 Å². The van der Waals surface area contributed by atoms with Gasteiger partial charge in [0, 0.05) is 22.6 Å². The van der Waals surface area contributed by atoms with Crippen LogP contribution >= 0.6 is 0 Å². The SMILES string of the molecule is CC1C=C(c2ccc3c(c2)C2(c4ccccc4-c4ccccc42)c2cc(-c4nnc(-c5ccccc5)o4)ccc2-3)C=CC1c1nc2ccccc2nc1-c1ccccc1. The highest BCUT2D eigenvalue weighted by molar-refractivity contribution is 5.96. The molecular weight excluding hydrogens is 721 g/mol. The summed E-state index contributed by atoms with van der Waals surface area (Å²) < 4.78 is 6.34. The first-order valence-corrected chi connectivity index (χ1v) is 20.3. The van der Waals surface area contributed by atoms with Gasteiger partial charge in [0.1, 0.15) is 0 Å². The highest BCUT2D eigenvalue weighted by atomic mass is 16.4. The fraction of sp³-hybridized carbons (Fsp3) is 0.0741. The number of nitrogens with zero attached hydrogens (tertiary/aromatic N) is 4. The van der Waals surface area contributed by atoms with Crippen molar-refractivity contribution in [2.24, 2.45) is 5.92 Å². The molecule has 0 saturated carbocycles. The van der Waals surface area contributed by atoms with Crippen LogP contribution in [-0.2, 0) is 5.41 Å². The Hall–Kier alpha value is -7.50. The van der Waals surface area contributed by atoms with Crippen LogP contribution < -0.4 is 0 Å². The predicted octanol–water partition coefficient (Wildman–Crippen LogP) is 12.7. The second-order valence-corrected chi connectivity index (χ2v) is 15.8. The van der Waals surface area contributed by atoms with Crippen molar-refractivity contribution in [1.29, 1.82) is 0 Å². The standard InChI is InChI=1S/C54H36N4O/c1-33-30-36(24-27-39(33)51-50(34-14-4-2-5-15-34)55-48-22-12-13-23-49(48)56-51)37-25-28-42-43-29-26-38(53-58-57-52(59-53)35-16-6-3-7-17-35)32-47(43)54(46(42)31-37)44-20-10-8-18-40(44)41-19-9-11-21-45(41)54/h2-33,39H,1H3. The largest absolute Gasteiger partial charge is 0.416 e. The summed E-state index contributed by atoms with van der Waals surface area (Å²) >= 11 is 0. The maximum Gasteiger partial charge on any atom is 0.248 e. The van der Waals surface area contributed by atoms with Gasteiger partial charge in [-0.25, -0.2) is 9.97 Å². The first kappa shape index (κ1) is 33.6. The first-order chi connectivity index (χ1) is 29.1. The number of allylic oxidation sites excluding steroid dienone is 4. The molecule has 1 spiro atoms. The fourth-order valence-electron chi connectivity index (χ4n) is 9.90. The molecule has 0 radical (unpaired) electrons. The Bertz CT molecular complexity index is 3150. The number of benzene rings is 7. The molecule has 0 N–H and O–H groups in total. The number of fused-ring (bicyclic) bond motifs is 11. The zero-order valence-electron chi connectivity index (χ0n) is 32.2. The Kier molecular flexibility index (Phi) is 7.42. The van der Waals surface area contributed by atoms with Crippen LogP contribution in [0.4, 0.5) is 0 Å². The van der Waals surface area contributed by atoms with Crippen molar-refractivity contribution in [3.05, 3.63) is 222 Å². The van der Waals surface area contributed by atoms with Gasteiger partial charge in [0.25, 0.3) is 0 Å². The molecule has 278 valence electrons. The van der Waals surface area contributed by atoms with E-state index in [4.69, 9.17) is 14.4 Å². The van der Waals surface area contributed by atoms with Crippen LogP contribution in [0, 0.1) is 5.92 Å². The van der Waals surface area contributed by atoms with Gasteiger partial charge in [0.05, 0.1) is 27.8 Å². The molecule has 9 aromatic rings. The van der Waals surface area contributed by atoms with E-state index in [1.165, 1.54) is 55.6 Å². The number of aromatic nitrogens is 4. The minimum atomic E-state index is -0.537. The monoisotopic (exact) mass is 756 g/mol. The van der Waals surface area contributed by atoms with Crippen LogP contribution in [0.25, 0.3) is 73.0 Å². The van der Waals surface area contributed by atoms with Crippen LogP contribution in [-0.4, -0.2) is 20.2 Å². The van der Waals surface area contributed by atoms with Gasteiger partial charge in [-0.05, 0) is 104 Å². The van der Waals surface area contributed by atoms with E-state index in [-0.39, 0.29) is 11.8 Å². The molecule has 0 saturated heterocycles. The van der Waals surface area contributed by atoms with Crippen molar-refractivity contribution >= 4 is 16.6 Å². The van der Waals surface area contributed by atoms with E-state index < -0.39 is 5.41 Å². The summed E-state index contributed by atoms with van der Waals surface area (Å²) in [6.45, 7) is 2.30. The molecule has 2 atom stereocenters. The number of hydrogen-bond acceptors (Lipinski definition) is 5. The first-order valence-electron chi connectivity index (χ1n) is 20.3. The fourth-order valence-corrected chi connectivity index (χ4v) is 9.90. The summed E-state index contributed by atoms with van der Waals surface area (Å²) in [5, 5.41) is 9.00. The Morgan fingerprint density at radius 2 is 1.00 bits per heavy atom. The summed E-state index contributed by atoms with van der Waals surface area (Å²) in [6.07, 6.45) is 7.05. The zero-order chi connectivity index (χ0) is 39.1. The van der Waals surface area contributed by atoms with E-state index in [9.17, 15) is 0 Å². The van der Waals surface area contributed by atoms with Gasteiger partial charge in [0.15, 0.2) is 0 Å². The maximum atomic E-state index is 6.34. The second-order valence-electron chi connectivity index (χ2n) is 15.8. The van der Waals surface area contributed by atoms with E-state index in [0.717, 1.165) is 39.1 Å². The Morgan fingerprint density at radius 3 is 1.66 bits per heavy atom. The molecule has 5 nitrogen and oxygen atoms in total. The molecule has 5 heteroatoms. The smallest absolute Gasteiger partial charge is 0.248 e. The minimum Gasteiger partial charge on any atom is -0.416 e. The van der Waals surface area contributed by atoms with Crippen LogP contribution in [0.15, 0.2) is 193 Å². The summed E-state index contributed by atoms with van der Waals surface area (Å²) in [6, 6.07) is 60.1. The molecule has 3 aliphatic carbocycles. The third-order valence-corrected chi connectivity index (χ3v) is 12.6. The molecule has 0 fully saturated rings. The third kappa shape index (κ3) is 5.04. The van der Waals surface area contributed by atoms with Crippen molar-refractivity contribution in [3.63, 3.8) is 0 Å². The normalized spacial score (nSPS) is 16.7. The molecule has 59 heavy (non-hydrogen) atoms. The third-order valence-electron chi connectivity index (χ3n) is 12.6. The second kappa shape index (κ2) is 13.0. The molecule has 2 unspecified atom stereocenters. The van der Waals surface area contributed by atoms with Crippen molar-refractivity contribution in [1.82, 2.24) is 20.2 Å². The molecule has 0 amide bonds. The van der Waals surface area contributed by atoms with E-state index in [0.29, 0.717) is 11.8 Å². The van der Waals surface area contributed by atoms with Crippen LogP contribution in [0.5, 0.6) is 0 Å². The van der Waals surface area contributed by atoms with Crippen molar-refractivity contribution in [2.45, 2.75) is 18.3 Å². The topological polar surface area (TPSA) is 64.7 Å². The van der Waals surface area contributed by atoms with Crippen LogP contribution in [0.3, 0.4) is 0 Å². The van der Waals surface area contributed by atoms with E-state index in [2.05, 4.69) is 151 Å². The van der Waals surface area contributed by atoms with Crippen molar-refractivity contribution < 1.29 is 4.42 Å². The molecular formula is C54H36N4O. The predicted molar refractivity (Wildman–Crippen MR) is 235 cm³/mol. The van der Waals surface area contributed by atoms with Crippen LogP contribution in [0.2, 0.25) is 0 Å². The van der Waals surface area contributed by atoms with E-state index >= 15 is 0 Å². The Morgan fingerprint density at radius 1 is 0.475 bits per heavy atom. The molecule has 7 aromatic carbocycles. The average molecular weight is 757 g/mol. The molecule has 2 aromatic heterocycles. The molecule has 2 heterocycles. The van der Waals surface area contributed by atoms with Gasteiger partial charge in [-0.3, -0.25) is 0 Å². The zero-order valence-corrected chi connectivity index (χ0v) is 32.2. The van der Waals surface area contributed by atoms with Crippen molar-refractivity contribution in [2.75, 3.05) is 0 Å². The lowest BCUT2D eigenvalue weighted by molar-refractivity contribution is 0.584. The lowest BCUT2D eigenvalue weighted by Crippen LogP contribution is -2.26.